The lowest BCUT2D eigenvalue weighted by atomic mass is 10.2. The average molecular weight is 370 g/mol. The molecule has 0 saturated carbocycles. The highest BCUT2D eigenvalue weighted by atomic mass is 19.1. The molecule has 7 nitrogen and oxygen atoms in total. The van der Waals surface area contributed by atoms with Gasteiger partial charge in [0.15, 0.2) is 0 Å². The number of aliphatic hydroxyl groups is 1. The summed E-state index contributed by atoms with van der Waals surface area (Å²) in [5.74, 6) is -0.190. The van der Waals surface area contributed by atoms with Crippen LogP contribution in [0, 0.1) is 5.82 Å². The van der Waals surface area contributed by atoms with Crippen LogP contribution in [0.1, 0.15) is 5.56 Å². The third-order valence-corrected chi connectivity index (χ3v) is 4.53. The largest absolute Gasteiger partial charge is 0.391 e. The highest BCUT2D eigenvalue weighted by molar-refractivity contribution is 5.64. The fourth-order valence-corrected chi connectivity index (χ4v) is 3.13. The van der Waals surface area contributed by atoms with Crippen LogP contribution in [-0.2, 0) is 11.3 Å². The van der Waals surface area contributed by atoms with Crippen molar-refractivity contribution in [2.75, 3.05) is 36.5 Å². The Hall–Kier alpha value is -2.97. The molecule has 0 amide bonds. The Morgan fingerprint density at radius 1 is 1.22 bits per heavy atom. The summed E-state index contributed by atoms with van der Waals surface area (Å²) in [6, 6.07) is 9.52. The minimum atomic E-state index is -0.475. The minimum absolute atomic E-state index is 0.121. The predicted octanol–water partition coefficient (Wildman–Crippen LogP) is 1.91. The first-order chi connectivity index (χ1) is 13.2. The topological polar surface area (TPSA) is 79.1 Å². The normalized spacial score (nSPS) is 14.5. The molecule has 3 aromatic rings. The zero-order chi connectivity index (χ0) is 18.8. The molecule has 0 spiro atoms. The second-order valence-corrected chi connectivity index (χ2v) is 6.25. The molecule has 0 unspecified atom stereocenters. The van der Waals surface area contributed by atoms with Gasteiger partial charge < -0.3 is 20.1 Å². The number of hydrogen-bond donors (Lipinski definition) is 2. The molecule has 2 N–H and O–H groups in total. The molecule has 1 aliphatic heterocycles. The van der Waals surface area contributed by atoms with Crippen molar-refractivity contribution in [2.24, 2.45) is 0 Å². The molecule has 0 atom stereocenters. The van der Waals surface area contributed by atoms with Gasteiger partial charge in [0.05, 0.1) is 25.4 Å². The van der Waals surface area contributed by atoms with Crippen molar-refractivity contribution in [3.05, 3.63) is 64.3 Å². The monoisotopic (exact) mass is 370 g/mol. The molecule has 4 rings (SSSR count). The predicted molar refractivity (Wildman–Crippen MR) is 100 cm³/mol. The van der Waals surface area contributed by atoms with E-state index in [-0.39, 0.29) is 16.9 Å². The van der Waals surface area contributed by atoms with Crippen LogP contribution in [0.15, 0.2) is 47.4 Å². The van der Waals surface area contributed by atoms with E-state index in [1.165, 1.54) is 16.5 Å². The molecule has 2 aromatic heterocycles. The van der Waals surface area contributed by atoms with Gasteiger partial charge in [0, 0.05) is 36.7 Å². The van der Waals surface area contributed by atoms with Gasteiger partial charge in [-0.25, -0.2) is 9.37 Å². The van der Waals surface area contributed by atoms with E-state index in [9.17, 15) is 14.3 Å². The Kier molecular flexibility index (Phi) is 4.74. The number of aliphatic hydroxyl groups excluding tert-OH is 1. The lowest BCUT2D eigenvalue weighted by molar-refractivity contribution is 0.122. The fraction of sp³-hybridized carbons (Fsp3) is 0.263. The van der Waals surface area contributed by atoms with Crippen molar-refractivity contribution in [3.8, 4) is 0 Å². The van der Waals surface area contributed by atoms with Gasteiger partial charge in [0.25, 0.3) is 5.56 Å². The summed E-state index contributed by atoms with van der Waals surface area (Å²) < 4.78 is 20.2. The third-order valence-electron chi connectivity index (χ3n) is 4.53. The molecular weight excluding hydrogens is 351 g/mol. The molecule has 0 radical (unpaired) electrons. The van der Waals surface area contributed by atoms with E-state index in [2.05, 4.69) is 15.2 Å². The fourth-order valence-electron chi connectivity index (χ4n) is 3.13. The second-order valence-electron chi connectivity index (χ2n) is 6.25. The summed E-state index contributed by atoms with van der Waals surface area (Å²) in [6.45, 7) is 2.37. The van der Waals surface area contributed by atoms with Gasteiger partial charge in [-0.05, 0) is 24.3 Å². The molecule has 27 heavy (non-hydrogen) atoms. The maximum atomic E-state index is 13.5. The molecule has 1 aliphatic rings. The summed E-state index contributed by atoms with van der Waals surface area (Å²) in [6.07, 6.45) is 1.65. The number of anilines is 3. The van der Waals surface area contributed by atoms with Crippen molar-refractivity contribution >= 4 is 22.8 Å². The van der Waals surface area contributed by atoms with Gasteiger partial charge in [0.2, 0.25) is 0 Å². The highest BCUT2D eigenvalue weighted by Gasteiger charge is 2.16. The molecule has 0 aliphatic carbocycles. The van der Waals surface area contributed by atoms with Gasteiger partial charge in [0.1, 0.15) is 17.3 Å². The number of hydrogen-bond acceptors (Lipinski definition) is 6. The van der Waals surface area contributed by atoms with Crippen molar-refractivity contribution < 1.29 is 14.2 Å². The Balaban J connectivity index is 1.78. The molecule has 8 heteroatoms. The molecule has 1 aromatic carbocycles. The van der Waals surface area contributed by atoms with Crippen molar-refractivity contribution in [1.82, 2.24) is 9.38 Å². The average Bonchev–Trinajstić information content (AvgIpc) is 2.68. The van der Waals surface area contributed by atoms with Gasteiger partial charge in [-0.1, -0.05) is 6.07 Å². The number of fused-ring (bicyclic) bond motifs is 1. The van der Waals surface area contributed by atoms with Gasteiger partial charge in [-0.3, -0.25) is 9.20 Å². The van der Waals surface area contributed by atoms with E-state index >= 15 is 0 Å². The number of ether oxygens (including phenoxy) is 1. The number of benzene rings is 1. The number of pyridine rings is 1. The van der Waals surface area contributed by atoms with Gasteiger partial charge in [-0.2, -0.15) is 0 Å². The van der Waals surface area contributed by atoms with Gasteiger partial charge in [-0.15, -0.1) is 0 Å². The maximum absolute atomic E-state index is 13.5. The number of rotatable bonds is 4. The Labute approximate surface area is 154 Å². The smallest absolute Gasteiger partial charge is 0.265 e. The molecule has 0 bridgehead atoms. The zero-order valence-corrected chi connectivity index (χ0v) is 14.6. The number of halogens is 1. The number of nitrogens with one attached hydrogen (secondary N) is 1. The first kappa shape index (κ1) is 17.4. The first-order valence-corrected chi connectivity index (χ1v) is 8.67. The lowest BCUT2D eigenvalue weighted by Crippen LogP contribution is -2.36. The first-order valence-electron chi connectivity index (χ1n) is 8.67. The maximum Gasteiger partial charge on any atom is 0.265 e. The van der Waals surface area contributed by atoms with E-state index < -0.39 is 12.4 Å². The standard InChI is InChI=1S/C19H19FN4O3/c20-13-2-1-3-14(10-13)21-18-16(12-25)19(26)24-5-4-15(11-17(24)22-18)23-6-8-27-9-7-23/h1-5,10-11,21,25H,6-9,12H2. The summed E-state index contributed by atoms with van der Waals surface area (Å²) in [5, 5.41) is 12.6. The molecular formula is C19H19FN4O3. The minimum Gasteiger partial charge on any atom is -0.391 e. The van der Waals surface area contributed by atoms with Crippen LogP contribution in [0.4, 0.5) is 21.6 Å². The van der Waals surface area contributed by atoms with E-state index in [4.69, 9.17) is 4.74 Å². The van der Waals surface area contributed by atoms with Crippen LogP contribution in [0.5, 0.6) is 0 Å². The Morgan fingerprint density at radius 2 is 2.04 bits per heavy atom. The van der Waals surface area contributed by atoms with Crippen LogP contribution in [0.2, 0.25) is 0 Å². The van der Waals surface area contributed by atoms with Crippen LogP contribution in [-0.4, -0.2) is 40.8 Å². The van der Waals surface area contributed by atoms with Gasteiger partial charge >= 0.3 is 0 Å². The molecule has 3 heterocycles. The summed E-state index contributed by atoms with van der Waals surface area (Å²) >= 11 is 0. The lowest BCUT2D eigenvalue weighted by Gasteiger charge is -2.29. The van der Waals surface area contributed by atoms with E-state index in [0.29, 0.717) is 24.5 Å². The Bertz CT molecular complexity index is 1030. The van der Waals surface area contributed by atoms with Crippen molar-refractivity contribution in [1.29, 1.82) is 0 Å². The second kappa shape index (κ2) is 7.34. The molecule has 1 saturated heterocycles. The van der Waals surface area contributed by atoms with Crippen molar-refractivity contribution in [3.63, 3.8) is 0 Å². The number of nitrogens with zero attached hydrogens (tertiary/aromatic N) is 3. The highest BCUT2D eigenvalue weighted by Crippen LogP contribution is 2.21. The zero-order valence-electron chi connectivity index (χ0n) is 14.6. The summed E-state index contributed by atoms with van der Waals surface area (Å²) in [7, 11) is 0. The van der Waals surface area contributed by atoms with Crippen LogP contribution < -0.4 is 15.8 Å². The Morgan fingerprint density at radius 3 is 2.78 bits per heavy atom. The van der Waals surface area contributed by atoms with E-state index in [1.807, 2.05) is 12.1 Å². The summed E-state index contributed by atoms with van der Waals surface area (Å²) in [5.41, 5.74) is 1.59. The number of aromatic nitrogens is 2. The van der Waals surface area contributed by atoms with Crippen molar-refractivity contribution in [2.45, 2.75) is 6.61 Å². The summed E-state index contributed by atoms with van der Waals surface area (Å²) in [4.78, 5) is 19.4. The molecule has 1 fully saturated rings. The van der Waals surface area contributed by atoms with Crippen LogP contribution in [0.3, 0.4) is 0 Å². The third kappa shape index (κ3) is 3.49. The van der Waals surface area contributed by atoms with Crippen LogP contribution >= 0.6 is 0 Å². The van der Waals surface area contributed by atoms with E-state index in [1.54, 1.807) is 18.3 Å². The quantitative estimate of drug-likeness (QED) is 0.730. The van der Waals surface area contributed by atoms with Crippen LogP contribution in [0.25, 0.3) is 5.65 Å². The number of morpholine rings is 1. The SMILES string of the molecule is O=c1c(CO)c(Nc2cccc(F)c2)nc2cc(N3CCOCC3)ccn12. The molecule has 140 valence electrons. The van der Waals surface area contributed by atoms with E-state index in [0.717, 1.165) is 18.8 Å².